The molecule has 0 aliphatic rings. The van der Waals surface area contributed by atoms with Crippen molar-refractivity contribution in [3.8, 4) is 6.07 Å². The molecular formula is C14H8BrFN2O. The molecule has 1 N–H and O–H groups in total. The molecule has 0 atom stereocenters. The van der Waals surface area contributed by atoms with E-state index in [1.165, 1.54) is 12.1 Å². The molecule has 0 aliphatic carbocycles. The van der Waals surface area contributed by atoms with Gasteiger partial charge >= 0.3 is 0 Å². The summed E-state index contributed by atoms with van der Waals surface area (Å²) >= 11 is 3.04. The maximum absolute atomic E-state index is 13.3. The fraction of sp³-hybridized carbons (Fsp3) is 0. The Morgan fingerprint density at radius 2 is 1.89 bits per heavy atom. The average Bonchev–Trinajstić information content (AvgIpc) is 2.43. The van der Waals surface area contributed by atoms with Crippen LogP contribution in [0, 0.1) is 17.1 Å². The number of carbonyl (C=O) groups is 1. The van der Waals surface area contributed by atoms with Crippen LogP contribution in [0.1, 0.15) is 15.9 Å². The zero-order chi connectivity index (χ0) is 13.8. The van der Waals surface area contributed by atoms with E-state index in [-0.39, 0.29) is 5.91 Å². The maximum Gasteiger partial charge on any atom is 0.255 e. The van der Waals surface area contributed by atoms with Crippen LogP contribution in [-0.4, -0.2) is 5.91 Å². The van der Waals surface area contributed by atoms with Gasteiger partial charge in [0.05, 0.1) is 16.1 Å². The van der Waals surface area contributed by atoms with Gasteiger partial charge in [-0.05, 0) is 58.4 Å². The minimum atomic E-state index is -0.447. The van der Waals surface area contributed by atoms with Crippen molar-refractivity contribution < 1.29 is 9.18 Å². The molecule has 0 radical (unpaired) electrons. The van der Waals surface area contributed by atoms with E-state index in [0.717, 1.165) is 0 Å². The number of amides is 1. The monoisotopic (exact) mass is 318 g/mol. The first-order valence-corrected chi connectivity index (χ1v) is 6.16. The lowest BCUT2D eigenvalue weighted by Gasteiger charge is -2.06. The van der Waals surface area contributed by atoms with Crippen LogP contribution in [-0.2, 0) is 0 Å². The van der Waals surface area contributed by atoms with Gasteiger partial charge in [-0.25, -0.2) is 4.39 Å². The Hall–Kier alpha value is -2.19. The standard InChI is InChI=1S/C14H8BrFN2O/c15-12-6-5-11(7-13(12)16)18-14(19)10-3-1-9(8-17)2-4-10/h1-7H,(H,18,19). The van der Waals surface area contributed by atoms with Crippen molar-refractivity contribution in [1.82, 2.24) is 0 Å². The molecular weight excluding hydrogens is 311 g/mol. The number of benzene rings is 2. The predicted octanol–water partition coefficient (Wildman–Crippen LogP) is 3.71. The zero-order valence-corrected chi connectivity index (χ0v) is 11.2. The molecule has 2 rings (SSSR count). The van der Waals surface area contributed by atoms with Crippen molar-refractivity contribution >= 4 is 27.5 Å². The molecule has 0 spiro atoms. The fourth-order valence-electron chi connectivity index (χ4n) is 1.47. The van der Waals surface area contributed by atoms with Crippen LogP contribution in [0.4, 0.5) is 10.1 Å². The van der Waals surface area contributed by atoms with E-state index in [0.29, 0.717) is 21.3 Å². The molecule has 0 unspecified atom stereocenters. The summed E-state index contributed by atoms with van der Waals surface area (Å²) in [6.07, 6.45) is 0. The molecule has 2 aromatic carbocycles. The average molecular weight is 319 g/mol. The van der Waals surface area contributed by atoms with E-state index in [9.17, 15) is 9.18 Å². The predicted molar refractivity (Wildman–Crippen MR) is 73.2 cm³/mol. The van der Waals surface area contributed by atoms with Crippen molar-refractivity contribution in [1.29, 1.82) is 5.26 Å². The van der Waals surface area contributed by atoms with Crippen LogP contribution < -0.4 is 5.32 Å². The highest BCUT2D eigenvalue weighted by molar-refractivity contribution is 9.10. The third-order valence-electron chi connectivity index (χ3n) is 2.45. The van der Waals surface area contributed by atoms with Gasteiger partial charge in [-0.3, -0.25) is 4.79 Å². The molecule has 0 saturated heterocycles. The summed E-state index contributed by atoms with van der Waals surface area (Å²) in [5, 5.41) is 11.2. The Morgan fingerprint density at radius 3 is 2.47 bits per heavy atom. The number of halogens is 2. The molecule has 0 aliphatic heterocycles. The van der Waals surface area contributed by atoms with E-state index in [4.69, 9.17) is 5.26 Å². The first-order chi connectivity index (χ1) is 9.10. The van der Waals surface area contributed by atoms with Gasteiger partial charge in [-0.2, -0.15) is 5.26 Å². The Bertz CT molecular complexity index is 662. The number of nitrogens with zero attached hydrogens (tertiary/aromatic N) is 1. The summed E-state index contributed by atoms with van der Waals surface area (Å²) in [4.78, 5) is 11.9. The topological polar surface area (TPSA) is 52.9 Å². The molecule has 0 heterocycles. The van der Waals surface area contributed by atoms with Gasteiger partial charge < -0.3 is 5.32 Å². The molecule has 2 aromatic rings. The molecule has 0 saturated carbocycles. The Balaban J connectivity index is 2.16. The van der Waals surface area contributed by atoms with Gasteiger partial charge in [0.15, 0.2) is 0 Å². The number of carbonyl (C=O) groups excluding carboxylic acids is 1. The molecule has 1 amide bonds. The van der Waals surface area contributed by atoms with Crippen LogP contribution in [0.3, 0.4) is 0 Å². The first kappa shape index (κ1) is 13.2. The second-order valence-electron chi connectivity index (χ2n) is 3.77. The quantitative estimate of drug-likeness (QED) is 0.917. The molecule has 0 aromatic heterocycles. The van der Waals surface area contributed by atoms with Crippen LogP contribution in [0.15, 0.2) is 46.9 Å². The van der Waals surface area contributed by atoms with Crippen LogP contribution >= 0.6 is 15.9 Å². The summed E-state index contributed by atoms with van der Waals surface area (Å²) in [5.41, 5.74) is 1.25. The lowest BCUT2D eigenvalue weighted by Crippen LogP contribution is -2.11. The Morgan fingerprint density at radius 1 is 1.21 bits per heavy atom. The molecule has 19 heavy (non-hydrogen) atoms. The number of hydrogen-bond donors (Lipinski definition) is 1. The summed E-state index contributed by atoms with van der Waals surface area (Å²) in [6, 6.07) is 12.5. The summed E-state index contributed by atoms with van der Waals surface area (Å²) in [7, 11) is 0. The third kappa shape index (κ3) is 3.18. The SMILES string of the molecule is N#Cc1ccc(C(=O)Nc2ccc(Br)c(F)c2)cc1. The Labute approximate surface area is 117 Å². The molecule has 3 nitrogen and oxygen atoms in total. The van der Waals surface area contributed by atoms with Gasteiger partial charge in [0, 0.05) is 11.3 Å². The Kier molecular flexibility index (Phi) is 3.93. The van der Waals surface area contributed by atoms with E-state index in [2.05, 4.69) is 21.2 Å². The fourth-order valence-corrected chi connectivity index (χ4v) is 1.72. The normalized spacial score (nSPS) is 9.74. The summed E-state index contributed by atoms with van der Waals surface area (Å²) in [5.74, 6) is -0.802. The smallest absolute Gasteiger partial charge is 0.255 e. The highest BCUT2D eigenvalue weighted by Crippen LogP contribution is 2.19. The minimum absolute atomic E-state index is 0.337. The number of nitriles is 1. The molecule has 0 bridgehead atoms. The largest absolute Gasteiger partial charge is 0.322 e. The lowest BCUT2D eigenvalue weighted by atomic mass is 10.1. The lowest BCUT2D eigenvalue weighted by molar-refractivity contribution is 0.102. The number of rotatable bonds is 2. The third-order valence-corrected chi connectivity index (χ3v) is 3.10. The summed E-state index contributed by atoms with van der Waals surface area (Å²) < 4.78 is 13.6. The second-order valence-corrected chi connectivity index (χ2v) is 4.63. The minimum Gasteiger partial charge on any atom is -0.322 e. The second kappa shape index (κ2) is 5.63. The number of anilines is 1. The van der Waals surface area contributed by atoms with Gasteiger partial charge in [0.1, 0.15) is 5.82 Å². The van der Waals surface area contributed by atoms with E-state index in [1.807, 2.05) is 6.07 Å². The van der Waals surface area contributed by atoms with Crippen molar-refractivity contribution in [3.63, 3.8) is 0 Å². The van der Waals surface area contributed by atoms with Crippen LogP contribution in [0.2, 0.25) is 0 Å². The highest BCUT2D eigenvalue weighted by atomic mass is 79.9. The van der Waals surface area contributed by atoms with Gasteiger partial charge in [-0.1, -0.05) is 0 Å². The molecule has 5 heteroatoms. The first-order valence-electron chi connectivity index (χ1n) is 5.37. The summed E-state index contributed by atoms with van der Waals surface area (Å²) in [6.45, 7) is 0. The van der Waals surface area contributed by atoms with E-state index >= 15 is 0 Å². The van der Waals surface area contributed by atoms with E-state index < -0.39 is 5.82 Å². The van der Waals surface area contributed by atoms with Gasteiger partial charge in [0.2, 0.25) is 0 Å². The van der Waals surface area contributed by atoms with Crippen LogP contribution in [0.25, 0.3) is 0 Å². The molecule has 0 fully saturated rings. The zero-order valence-electron chi connectivity index (χ0n) is 9.65. The van der Waals surface area contributed by atoms with Crippen molar-refractivity contribution in [2.24, 2.45) is 0 Å². The van der Waals surface area contributed by atoms with Gasteiger partial charge in [-0.15, -0.1) is 0 Å². The van der Waals surface area contributed by atoms with Gasteiger partial charge in [0.25, 0.3) is 5.91 Å². The van der Waals surface area contributed by atoms with Crippen molar-refractivity contribution in [2.45, 2.75) is 0 Å². The molecule has 94 valence electrons. The number of nitrogens with one attached hydrogen (secondary N) is 1. The highest BCUT2D eigenvalue weighted by Gasteiger charge is 2.07. The van der Waals surface area contributed by atoms with Crippen molar-refractivity contribution in [2.75, 3.05) is 5.32 Å². The van der Waals surface area contributed by atoms with Crippen LogP contribution in [0.5, 0.6) is 0 Å². The maximum atomic E-state index is 13.3. The number of hydrogen-bond acceptors (Lipinski definition) is 2. The van der Waals surface area contributed by atoms with E-state index in [1.54, 1.807) is 30.3 Å². The van der Waals surface area contributed by atoms with Crippen molar-refractivity contribution in [3.05, 3.63) is 63.9 Å².